The van der Waals surface area contributed by atoms with Crippen molar-refractivity contribution in [1.29, 1.82) is 0 Å². The summed E-state index contributed by atoms with van der Waals surface area (Å²) in [5.74, 6) is 0.232. The van der Waals surface area contributed by atoms with Crippen LogP contribution in [0.2, 0.25) is 0 Å². The van der Waals surface area contributed by atoms with E-state index in [0.29, 0.717) is 12.8 Å². The minimum Gasteiger partial charge on any atom is -0.385 e. The summed E-state index contributed by atoms with van der Waals surface area (Å²) >= 11 is 2.25. The molecule has 2 atom stereocenters. The molecule has 72 valence electrons. The molecule has 2 aliphatic rings. The normalized spacial score (nSPS) is 44.5. The number of aliphatic hydroxyl groups is 1. The van der Waals surface area contributed by atoms with Crippen LogP contribution in [0.25, 0.3) is 0 Å². The number of halogens is 1. The Hall–Kier alpha value is 0.100. The SMILES string of the molecule is C[C@@]12CCC(I)=C[C@]1(O)CCC2=O. The van der Waals surface area contributed by atoms with Gasteiger partial charge in [0.1, 0.15) is 5.78 Å². The van der Waals surface area contributed by atoms with E-state index < -0.39 is 11.0 Å². The van der Waals surface area contributed by atoms with E-state index >= 15 is 0 Å². The lowest BCUT2D eigenvalue weighted by Gasteiger charge is -2.39. The molecule has 0 spiro atoms. The Morgan fingerprint density at radius 2 is 2.15 bits per heavy atom. The number of fused-ring (bicyclic) bond motifs is 1. The molecule has 0 radical (unpaired) electrons. The van der Waals surface area contributed by atoms with Gasteiger partial charge in [0.2, 0.25) is 0 Å². The Morgan fingerprint density at radius 1 is 1.46 bits per heavy atom. The monoisotopic (exact) mass is 292 g/mol. The summed E-state index contributed by atoms with van der Waals surface area (Å²) in [5, 5.41) is 10.3. The first-order valence-electron chi connectivity index (χ1n) is 4.61. The first-order valence-corrected chi connectivity index (χ1v) is 5.69. The molecule has 2 nitrogen and oxygen atoms in total. The van der Waals surface area contributed by atoms with E-state index in [4.69, 9.17) is 0 Å². The molecule has 0 aromatic heterocycles. The summed E-state index contributed by atoms with van der Waals surface area (Å²) in [5.41, 5.74) is -1.35. The van der Waals surface area contributed by atoms with Gasteiger partial charge in [-0.2, -0.15) is 0 Å². The molecule has 2 aliphatic carbocycles. The molecular weight excluding hydrogens is 279 g/mol. The van der Waals surface area contributed by atoms with Gasteiger partial charge in [-0.05, 0) is 58.4 Å². The number of allylic oxidation sites excluding steroid dienone is 1. The Labute approximate surface area is 91.5 Å². The van der Waals surface area contributed by atoms with Crippen LogP contribution in [0.5, 0.6) is 0 Å². The maximum absolute atomic E-state index is 11.7. The number of carbonyl (C=O) groups is 1. The van der Waals surface area contributed by atoms with Crippen LogP contribution >= 0.6 is 22.6 Å². The van der Waals surface area contributed by atoms with Crippen LogP contribution in [0.1, 0.15) is 32.6 Å². The summed E-state index contributed by atoms with van der Waals surface area (Å²) in [6.07, 6.45) is 4.77. The van der Waals surface area contributed by atoms with Crippen LogP contribution in [-0.4, -0.2) is 16.5 Å². The van der Waals surface area contributed by atoms with Crippen molar-refractivity contribution in [2.45, 2.75) is 38.2 Å². The molecule has 0 aromatic carbocycles. The second kappa shape index (κ2) is 2.79. The van der Waals surface area contributed by atoms with Crippen molar-refractivity contribution in [3.63, 3.8) is 0 Å². The molecule has 0 saturated heterocycles. The van der Waals surface area contributed by atoms with Crippen molar-refractivity contribution in [2.24, 2.45) is 5.41 Å². The minimum atomic E-state index is -0.848. The summed E-state index contributed by atoms with van der Waals surface area (Å²) in [6.45, 7) is 1.90. The number of Topliss-reactive ketones (excluding diaryl/α,β-unsaturated/α-hetero) is 1. The number of rotatable bonds is 0. The maximum Gasteiger partial charge on any atom is 0.142 e. The van der Waals surface area contributed by atoms with E-state index in [9.17, 15) is 9.90 Å². The standard InChI is InChI=1S/C10H13IO2/c1-9-4-2-7(11)6-10(9,13)5-3-8(9)12/h6,13H,2-5H2,1H3/t9-,10+/m0/s1. The number of ketones is 1. The average Bonchev–Trinajstić information content (AvgIpc) is 2.28. The van der Waals surface area contributed by atoms with E-state index in [2.05, 4.69) is 22.6 Å². The molecular formula is C10H13IO2. The third kappa shape index (κ3) is 1.20. The van der Waals surface area contributed by atoms with E-state index in [-0.39, 0.29) is 5.78 Å². The zero-order valence-electron chi connectivity index (χ0n) is 7.64. The van der Waals surface area contributed by atoms with Crippen LogP contribution in [-0.2, 0) is 4.79 Å². The summed E-state index contributed by atoms with van der Waals surface area (Å²) in [6, 6.07) is 0. The number of hydrogen-bond acceptors (Lipinski definition) is 2. The highest BCUT2D eigenvalue weighted by molar-refractivity contribution is 14.1. The van der Waals surface area contributed by atoms with E-state index in [1.54, 1.807) is 0 Å². The topological polar surface area (TPSA) is 37.3 Å². The van der Waals surface area contributed by atoms with Gasteiger partial charge in [0, 0.05) is 6.42 Å². The van der Waals surface area contributed by atoms with Gasteiger partial charge in [0.25, 0.3) is 0 Å². The molecule has 0 bridgehead atoms. The third-order valence-electron chi connectivity index (χ3n) is 3.56. The molecule has 1 fully saturated rings. The highest BCUT2D eigenvalue weighted by Crippen LogP contribution is 2.52. The van der Waals surface area contributed by atoms with E-state index in [1.807, 2.05) is 13.0 Å². The molecule has 1 saturated carbocycles. The van der Waals surface area contributed by atoms with Gasteiger partial charge in [-0.15, -0.1) is 0 Å². The second-order valence-electron chi connectivity index (χ2n) is 4.27. The number of hydrogen-bond donors (Lipinski definition) is 1. The van der Waals surface area contributed by atoms with Crippen LogP contribution < -0.4 is 0 Å². The fourth-order valence-electron chi connectivity index (χ4n) is 2.39. The van der Waals surface area contributed by atoms with Gasteiger partial charge in [0.15, 0.2) is 0 Å². The summed E-state index contributed by atoms with van der Waals surface area (Å²) < 4.78 is 1.19. The Balaban J connectivity index is 2.46. The maximum atomic E-state index is 11.7. The lowest BCUT2D eigenvalue weighted by molar-refractivity contribution is -0.132. The van der Waals surface area contributed by atoms with Gasteiger partial charge in [-0.3, -0.25) is 4.79 Å². The predicted molar refractivity (Wildman–Crippen MR) is 58.6 cm³/mol. The van der Waals surface area contributed by atoms with Crippen LogP contribution in [0.4, 0.5) is 0 Å². The molecule has 13 heavy (non-hydrogen) atoms. The van der Waals surface area contributed by atoms with Crippen molar-refractivity contribution < 1.29 is 9.90 Å². The fraction of sp³-hybridized carbons (Fsp3) is 0.700. The van der Waals surface area contributed by atoms with Crippen molar-refractivity contribution in [3.05, 3.63) is 9.66 Å². The average molecular weight is 292 g/mol. The van der Waals surface area contributed by atoms with Crippen molar-refractivity contribution in [1.82, 2.24) is 0 Å². The molecule has 0 amide bonds. The molecule has 0 heterocycles. The molecule has 0 unspecified atom stereocenters. The van der Waals surface area contributed by atoms with Crippen LogP contribution in [0, 0.1) is 5.41 Å². The van der Waals surface area contributed by atoms with Crippen LogP contribution in [0.15, 0.2) is 9.66 Å². The van der Waals surface area contributed by atoms with Gasteiger partial charge in [-0.1, -0.05) is 0 Å². The van der Waals surface area contributed by atoms with Crippen molar-refractivity contribution >= 4 is 28.4 Å². The lowest BCUT2D eigenvalue weighted by atomic mass is 9.69. The Bertz CT molecular complexity index is 297. The van der Waals surface area contributed by atoms with Gasteiger partial charge < -0.3 is 5.11 Å². The fourth-order valence-corrected chi connectivity index (χ4v) is 3.17. The second-order valence-corrected chi connectivity index (χ2v) is 5.66. The molecule has 0 aliphatic heterocycles. The lowest BCUT2D eigenvalue weighted by Crippen LogP contribution is -2.45. The zero-order chi connectivity index (χ0) is 9.69. The van der Waals surface area contributed by atoms with E-state index in [0.717, 1.165) is 12.8 Å². The van der Waals surface area contributed by atoms with Gasteiger partial charge >= 0.3 is 0 Å². The van der Waals surface area contributed by atoms with Gasteiger partial charge in [-0.25, -0.2) is 0 Å². The van der Waals surface area contributed by atoms with Crippen molar-refractivity contribution in [3.8, 4) is 0 Å². The molecule has 3 heteroatoms. The summed E-state index contributed by atoms with van der Waals surface area (Å²) in [4.78, 5) is 11.7. The van der Waals surface area contributed by atoms with E-state index in [1.165, 1.54) is 3.58 Å². The minimum absolute atomic E-state index is 0.232. The first-order chi connectivity index (χ1) is 5.98. The highest BCUT2D eigenvalue weighted by Gasteiger charge is 2.56. The third-order valence-corrected chi connectivity index (χ3v) is 4.41. The van der Waals surface area contributed by atoms with Crippen molar-refractivity contribution in [2.75, 3.05) is 0 Å². The highest BCUT2D eigenvalue weighted by atomic mass is 127. The first kappa shape index (κ1) is 9.65. The summed E-state index contributed by atoms with van der Waals surface area (Å²) in [7, 11) is 0. The van der Waals surface area contributed by atoms with Gasteiger partial charge in [0.05, 0.1) is 11.0 Å². The Kier molecular flexibility index (Phi) is 2.07. The predicted octanol–water partition coefficient (Wildman–Crippen LogP) is 2.20. The zero-order valence-corrected chi connectivity index (χ0v) is 9.80. The quantitative estimate of drug-likeness (QED) is 0.695. The molecule has 2 rings (SSSR count). The number of carbonyl (C=O) groups excluding carboxylic acids is 1. The Morgan fingerprint density at radius 3 is 2.85 bits per heavy atom. The largest absolute Gasteiger partial charge is 0.385 e. The molecule has 0 aromatic rings. The van der Waals surface area contributed by atoms with Crippen LogP contribution in [0.3, 0.4) is 0 Å². The molecule has 1 N–H and O–H groups in total. The smallest absolute Gasteiger partial charge is 0.142 e.